The van der Waals surface area contributed by atoms with Gasteiger partial charge in [0.2, 0.25) is 0 Å². The Bertz CT molecular complexity index is 712. The van der Waals surface area contributed by atoms with Crippen molar-refractivity contribution in [3.63, 3.8) is 0 Å². The molecule has 8 heteroatoms. The number of aromatic nitrogens is 2. The van der Waals surface area contributed by atoms with Crippen molar-refractivity contribution in [1.29, 1.82) is 0 Å². The first-order valence-corrected chi connectivity index (χ1v) is 7.65. The molecule has 0 aliphatic carbocycles. The number of carbonyl (C=O) groups is 1. The number of amides is 2. The maximum absolute atomic E-state index is 13.1. The fraction of sp³-hybridized carbons (Fsp3) is 0.333. The van der Waals surface area contributed by atoms with Gasteiger partial charge in [-0.15, -0.1) is 0 Å². The van der Waals surface area contributed by atoms with Crippen molar-refractivity contribution in [3.05, 3.63) is 41.4 Å². The van der Waals surface area contributed by atoms with E-state index in [1.54, 1.807) is 35.1 Å². The molecule has 1 aliphatic heterocycles. The number of carbonyl (C=O) groups excluding carboxylic acids is 1. The van der Waals surface area contributed by atoms with Gasteiger partial charge in [0.05, 0.1) is 22.6 Å². The molecule has 0 unspecified atom stereocenters. The second-order valence-corrected chi connectivity index (χ2v) is 5.81. The second kappa shape index (κ2) is 6.45. The van der Waals surface area contributed by atoms with Crippen LogP contribution in [0.25, 0.3) is 0 Å². The van der Waals surface area contributed by atoms with E-state index < -0.39 is 0 Å². The summed E-state index contributed by atoms with van der Waals surface area (Å²) >= 11 is 6.09. The van der Waals surface area contributed by atoms with E-state index in [2.05, 4.69) is 15.3 Å². The quantitative estimate of drug-likeness (QED) is 0.916. The van der Waals surface area contributed by atoms with E-state index in [-0.39, 0.29) is 11.8 Å². The summed E-state index contributed by atoms with van der Waals surface area (Å²) in [6.45, 7) is 2.43. The molecule has 1 fully saturated rings. The third-order valence-corrected chi connectivity index (χ3v) is 4.08. The van der Waals surface area contributed by atoms with Crippen molar-refractivity contribution < 1.29 is 9.18 Å². The van der Waals surface area contributed by atoms with E-state index >= 15 is 0 Å². The third kappa shape index (κ3) is 3.56. The Hall–Kier alpha value is -2.28. The largest absolute Gasteiger partial charge is 0.367 e. The summed E-state index contributed by atoms with van der Waals surface area (Å²) < 4.78 is 14.7. The fourth-order valence-electron chi connectivity index (χ4n) is 2.58. The maximum Gasteiger partial charge on any atom is 0.322 e. The molecule has 1 aromatic heterocycles. The number of urea groups is 1. The average molecular weight is 338 g/mol. The van der Waals surface area contributed by atoms with Crippen LogP contribution in [0.5, 0.6) is 0 Å². The van der Waals surface area contributed by atoms with Crippen molar-refractivity contribution in [2.75, 3.05) is 36.4 Å². The molecule has 0 spiro atoms. The van der Waals surface area contributed by atoms with E-state index in [0.29, 0.717) is 36.9 Å². The normalized spacial score (nSPS) is 14.9. The number of anilines is 2. The van der Waals surface area contributed by atoms with Gasteiger partial charge in [-0.25, -0.2) is 9.18 Å². The lowest BCUT2D eigenvalue weighted by Gasteiger charge is -2.36. The van der Waals surface area contributed by atoms with Gasteiger partial charge in [-0.1, -0.05) is 11.6 Å². The van der Waals surface area contributed by atoms with Crippen LogP contribution in [-0.2, 0) is 7.05 Å². The lowest BCUT2D eigenvalue weighted by Crippen LogP contribution is -2.50. The molecule has 2 heterocycles. The summed E-state index contributed by atoms with van der Waals surface area (Å²) in [6.07, 6.45) is 3.35. The predicted molar refractivity (Wildman–Crippen MR) is 87.4 cm³/mol. The van der Waals surface area contributed by atoms with E-state index in [1.807, 2.05) is 0 Å². The Kier molecular flexibility index (Phi) is 4.38. The van der Waals surface area contributed by atoms with Gasteiger partial charge in [0.25, 0.3) is 0 Å². The molecule has 0 atom stereocenters. The number of halogens is 2. The number of hydrogen-bond acceptors (Lipinski definition) is 3. The fourth-order valence-corrected chi connectivity index (χ4v) is 2.86. The van der Waals surface area contributed by atoms with Gasteiger partial charge >= 0.3 is 6.03 Å². The minimum atomic E-state index is -0.353. The molecule has 0 saturated carbocycles. The van der Waals surface area contributed by atoms with Gasteiger partial charge in [0, 0.05) is 39.4 Å². The molecule has 0 radical (unpaired) electrons. The first-order chi connectivity index (χ1) is 11.0. The Balaban J connectivity index is 1.58. The van der Waals surface area contributed by atoms with Crippen molar-refractivity contribution in [3.8, 4) is 0 Å². The van der Waals surface area contributed by atoms with E-state index in [4.69, 9.17) is 11.6 Å². The van der Waals surface area contributed by atoms with Crippen LogP contribution >= 0.6 is 11.6 Å². The lowest BCUT2D eigenvalue weighted by atomic mass is 10.2. The summed E-state index contributed by atoms with van der Waals surface area (Å²) in [4.78, 5) is 16.0. The van der Waals surface area contributed by atoms with Gasteiger partial charge in [0.1, 0.15) is 5.82 Å². The highest BCUT2D eigenvalue weighted by molar-refractivity contribution is 6.33. The van der Waals surface area contributed by atoms with Crippen LogP contribution in [0, 0.1) is 5.82 Å². The van der Waals surface area contributed by atoms with E-state index in [1.165, 1.54) is 12.1 Å². The SMILES string of the molecule is Cn1cc(NC(=O)N2CCN(c3ccc(F)cc3Cl)CC2)cn1. The second-order valence-electron chi connectivity index (χ2n) is 5.40. The number of rotatable bonds is 2. The smallest absolute Gasteiger partial charge is 0.322 e. The van der Waals surface area contributed by atoms with Crippen LogP contribution < -0.4 is 10.2 Å². The number of benzene rings is 1. The minimum absolute atomic E-state index is 0.150. The molecule has 0 bridgehead atoms. The molecular formula is C15H17ClFN5O. The number of hydrogen-bond donors (Lipinski definition) is 1. The average Bonchev–Trinajstić information content (AvgIpc) is 2.92. The summed E-state index contributed by atoms with van der Waals surface area (Å²) in [5.41, 5.74) is 1.46. The van der Waals surface area contributed by atoms with Crippen LogP contribution in [0.2, 0.25) is 5.02 Å². The zero-order valence-electron chi connectivity index (χ0n) is 12.7. The Morgan fingerprint density at radius 1 is 1.30 bits per heavy atom. The maximum atomic E-state index is 13.1. The summed E-state index contributed by atoms with van der Waals surface area (Å²) in [5, 5.41) is 7.22. The minimum Gasteiger partial charge on any atom is -0.367 e. The Morgan fingerprint density at radius 2 is 2.04 bits per heavy atom. The van der Waals surface area contributed by atoms with Gasteiger partial charge in [-0.3, -0.25) is 4.68 Å². The standard InChI is InChI=1S/C15H17ClFN5O/c1-20-10-12(9-18-20)19-15(23)22-6-4-21(5-7-22)14-3-2-11(17)8-13(14)16/h2-3,8-10H,4-7H2,1H3,(H,19,23). The van der Waals surface area contributed by atoms with Crippen LogP contribution in [0.3, 0.4) is 0 Å². The molecule has 6 nitrogen and oxygen atoms in total. The zero-order valence-corrected chi connectivity index (χ0v) is 13.4. The summed E-state index contributed by atoms with van der Waals surface area (Å²) in [7, 11) is 1.79. The van der Waals surface area contributed by atoms with E-state index in [9.17, 15) is 9.18 Å². The van der Waals surface area contributed by atoms with Gasteiger partial charge in [-0.05, 0) is 18.2 Å². The van der Waals surface area contributed by atoms with Gasteiger partial charge in [-0.2, -0.15) is 5.10 Å². The van der Waals surface area contributed by atoms with Crippen LogP contribution in [0.15, 0.2) is 30.6 Å². The Morgan fingerprint density at radius 3 is 2.65 bits per heavy atom. The molecule has 2 aromatic rings. The van der Waals surface area contributed by atoms with Gasteiger partial charge < -0.3 is 15.1 Å². The summed E-state index contributed by atoms with van der Waals surface area (Å²) in [6, 6.07) is 4.22. The highest BCUT2D eigenvalue weighted by Gasteiger charge is 2.22. The highest BCUT2D eigenvalue weighted by atomic mass is 35.5. The molecule has 23 heavy (non-hydrogen) atoms. The molecule has 2 amide bonds. The van der Waals surface area contributed by atoms with Crippen molar-refractivity contribution in [1.82, 2.24) is 14.7 Å². The van der Waals surface area contributed by atoms with E-state index in [0.717, 1.165) is 5.69 Å². The molecule has 1 aromatic carbocycles. The molecule has 1 saturated heterocycles. The van der Waals surface area contributed by atoms with Crippen molar-refractivity contribution in [2.45, 2.75) is 0 Å². The predicted octanol–water partition coefficient (Wildman–Crippen LogP) is 2.57. The van der Waals surface area contributed by atoms with Gasteiger partial charge in [0.15, 0.2) is 0 Å². The van der Waals surface area contributed by atoms with Crippen LogP contribution in [0.1, 0.15) is 0 Å². The topological polar surface area (TPSA) is 53.4 Å². The first-order valence-electron chi connectivity index (χ1n) is 7.27. The van der Waals surface area contributed by atoms with Crippen molar-refractivity contribution in [2.24, 2.45) is 7.05 Å². The summed E-state index contributed by atoms with van der Waals surface area (Å²) in [5.74, 6) is -0.353. The molecule has 3 rings (SSSR count). The van der Waals surface area contributed by atoms with Crippen molar-refractivity contribution >= 4 is 29.0 Å². The molecular weight excluding hydrogens is 321 g/mol. The number of nitrogens with one attached hydrogen (secondary N) is 1. The van der Waals surface area contributed by atoms with Crippen LogP contribution in [0.4, 0.5) is 20.6 Å². The highest BCUT2D eigenvalue weighted by Crippen LogP contribution is 2.27. The zero-order chi connectivity index (χ0) is 16.4. The van der Waals surface area contributed by atoms with Crippen LogP contribution in [-0.4, -0.2) is 46.9 Å². The number of piperazine rings is 1. The number of nitrogens with zero attached hydrogens (tertiary/aromatic N) is 4. The molecule has 1 N–H and O–H groups in total. The monoisotopic (exact) mass is 337 g/mol. The molecule has 122 valence electrons. The molecule has 1 aliphatic rings. The first kappa shape index (κ1) is 15.6. The third-order valence-electron chi connectivity index (χ3n) is 3.77. The lowest BCUT2D eigenvalue weighted by molar-refractivity contribution is 0.208. The number of aryl methyl sites for hydroxylation is 1. The Labute approximate surface area is 138 Å².